The molecule has 0 radical (unpaired) electrons. The summed E-state index contributed by atoms with van der Waals surface area (Å²) >= 11 is 0. The van der Waals surface area contributed by atoms with Gasteiger partial charge in [0.1, 0.15) is 0 Å². The van der Waals surface area contributed by atoms with Crippen molar-refractivity contribution in [3.05, 3.63) is 42.1 Å². The van der Waals surface area contributed by atoms with Gasteiger partial charge >= 0.3 is 0 Å². The van der Waals surface area contributed by atoms with E-state index in [-0.39, 0.29) is 23.9 Å². The van der Waals surface area contributed by atoms with Crippen molar-refractivity contribution in [1.82, 2.24) is 4.98 Å². The minimum absolute atomic E-state index is 0. The molecule has 0 saturated heterocycles. The van der Waals surface area contributed by atoms with Gasteiger partial charge in [-0.25, -0.2) is 0 Å². The van der Waals surface area contributed by atoms with Crippen LogP contribution in [0.1, 0.15) is 32.5 Å². The Labute approximate surface area is 109 Å². The van der Waals surface area contributed by atoms with Crippen LogP contribution in [-0.2, 0) is 0 Å². The van der Waals surface area contributed by atoms with Crippen LogP contribution in [0.2, 0.25) is 0 Å². The molecule has 3 heteroatoms. The average molecular weight is 251 g/mol. The van der Waals surface area contributed by atoms with Gasteiger partial charge in [-0.1, -0.05) is 45.0 Å². The van der Waals surface area contributed by atoms with Crippen LogP contribution >= 0.6 is 12.4 Å². The highest BCUT2D eigenvalue weighted by molar-refractivity contribution is 5.85. The normalized spacial score (nSPS) is 13.2. The Morgan fingerprint density at radius 3 is 2.35 bits per heavy atom. The lowest BCUT2D eigenvalue weighted by Gasteiger charge is -2.26. The minimum Gasteiger partial charge on any atom is -0.322 e. The van der Waals surface area contributed by atoms with E-state index in [1.807, 2.05) is 24.3 Å². The van der Waals surface area contributed by atoms with Gasteiger partial charge in [0.15, 0.2) is 0 Å². The minimum atomic E-state index is -0.0305. The zero-order valence-corrected chi connectivity index (χ0v) is 11.3. The summed E-state index contributed by atoms with van der Waals surface area (Å²) in [6.45, 7) is 6.40. The third-order valence-electron chi connectivity index (χ3n) is 2.87. The fourth-order valence-electron chi connectivity index (χ4n) is 1.70. The van der Waals surface area contributed by atoms with Gasteiger partial charge in [-0.15, -0.1) is 12.4 Å². The number of hydrogen-bond acceptors (Lipinski definition) is 2. The number of pyridine rings is 1. The van der Waals surface area contributed by atoms with Crippen molar-refractivity contribution in [3.63, 3.8) is 0 Å². The van der Waals surface area contributed by atoms with E-state index in [1.165, 1.54) is 0 Å². The molecule has 0 aliphatic heterocycles. The smallest absolute Gasteiger partial charge is 0.0706 e. The lowest BCUT2D eigenvalue weighted by atomic mass is 9.85. The second-order valence-corrected chi connectivity index (χ2v) is 5.27. The molecule has 0 saturated carbocycles. The molecule has 17 heavy (non-hydrogen) atoms. The van der Waals surface area contributed by atoms with Crippen molar-refractivity contribution < 1.29 is 0 Å². The van der Waals surface area contributed by atoms with Gasteiger partial charge in [0.05, 0.1) is 17.3 Å². The first-order valence-corrected chi connectivity index (χ1v) is 5.60. The van der Waals surface area contributed by atoms with E-state index in [1.54, 1.807) is 0 Å². The highest BCUT2D eigenvalue weighted by atomic mass is 35.5. The molecule has 0 aliphatic rings. The Kier molecular flexibility index (Phi) is 4.12. The highest BCUT2D eigenvalue weighted by Crippen LogP contribution is 2.29. The molecule has 0 amide bonds. The first-order chi connectivity index (χ1) is 7.48. The molecule has 92 valence electrons. The number of aromatic nitrogens is 1. The third-order valence-corrected chi connectivity index (χ3v) is 2.87. The van der Waals surface area contributed by atoms with Crippen molar-refractivity contribution in [2.75, 3.05) is 0 Å². The second kappa shape index (κ2) is 5.03. The maximum atomic E-state index is 6.20. The fraction of sp³-hybridized carbons (Fsp3) is 0.357. The van der Waals surface area contributed by atoms with Crippen molar-refractivity contribution in [2.24, 2.45) is 11.1 Å². The maximum absolute atomic E-state index is 6.20. The number of rotatable bonds is 1. The zero-order chi connectivity index (χ0) is 11.8. The first-order valence-electron chi connectivity index (χ1n) is 5.60. The van der Waals surface area contributed by atoms with Gasteiger partial charge in [-0.05, 0) is 17.5 Å². The quantitative estimate of drug-likeness (QED) is 0.838. The van der Waals surface area contributed by atoms with E-state index < -0.39 is 0 Å². The summed E-state index contributed by atoms with van der Waals surface area (Å²) < 4.78 is 0. The van der Waals surface area contributed by atoms with Gasteiger partial charge in [0.2, 0.25) is 0 Å². The number of para-hydroxylation sites is 1. The number of benzene rings is 1. The van der Waals surface area contributed by atoms with Crippen molar-refractivity contribution in [2.45, 2.75) is 26.8 Å². The molecule has 1 atom stereocenters. The van der Waals surface area contributed by atoms with E-state index in [0.717, 1.165) is 16.6 Å². The fourth-order valence-corrected chi connectivity index (χ4v) is 1.70. The largest absolute Gasteiger partial charge is 0.322 e. The molecule has 2 rings (SSSR count). The summed E-state index contributed by atoms with van der Waals surface area (Å²) in [7, 11) is 0. The van der Waals surface area contributed by atoms with Crippen molar-refractivity contribution >= 4 is 23.3 Å². The molecule has 0 aliphatic carbocycles. The van der Waals surface area contributed by atoms with E-state index in [2.05, 4.69) is 37.9 Å². The van der Waals surface area contributed by atoms with Gasteiger partial charge in [-0.2, -0.15) is 0 Å². The molecule has 2 aromatic rings. The van der Waals surface area contributed by atoms with Gasteiger partial charge in [-0.3, -0.25) is 4.98 Å². The number of nitrogens with zero attached hydrogens (tertiary/aromatic N) is 1. The van der Waals surface area contributed by atoms with Crippen LogP contribution in [0.3, 0.4) is 0 Å². The van der Waals surface area contributed by atoms with Crippen LogP contribution in [0.15, 0.2) is 36.4 Å². The first kappa shape index (κ1) is 13.9. The topological polar surface area (TPSA) is 38.9 Å². The molecule has 0 fully saturated rings. The molecule has 0 spiro atoms. The lowest BCUT2D eigenvalue weighted by Crippen LogP contribution is -2.27. The number of hydrogen-bond donors (Lipinski definition) is 1. The molecular formula is C14H19ClN2. The molecule has 1 heterocycles. The molecule has 0 unspecified atom stereocenters. The van der Waals surface area contributed by atoms with Crippen LogP contribution in [0.25, 0.3) is 10.9 Å². The van der Waals surface area contributed by atoms with Crippen LogP contribution < -0.4 is 5.73 Å². The van der Waals surface area contributed by atoms with E-state index in [0.29, 0.717) is 0 Å². The Hall–Kier alpha value is -1.12. The molecule has 0 bridgehead atoms. The van der Waals surface area contributed by atoms with Gasteiger partial charge in [0, 0.05) is 5.39 Å². The Morgan fingerprint density at radius 1 is 1.06 bits per heavy atom. The monoisotopic (exact) mass is 250 g/mol. The van der Waals surface area contributed by atoms with E-state index in [9.17, 15) is 0 Å². The zero-order valence-electron chi connectivity index (χ0n) is 10.5. The predicted octanol–water partition coefficient (Wildman–Crippen LogP) is 3.70. The second-order valence-electron chi connectivity index (χ2n) is 5.27. The highest BCUT2D eigenvalue weighted by Gasteiger charge is 2.23. The Morgan fingerprint density at radius 2 is 1.71 bits per heavy atom. The standard InChI is InChI=1S/C14H18N2.ClH/c1-14(2,3)13(15)12-9-8-10-6-4-5-7-11(10)16-12;/h4-9,13H,15H2,1-3H3;1H/t13-;/m1./s1. The maximum Gasteiger partial charge on any atom is 0.0706 e. The molecule has 2 N–H and O–H groups in total. The van der Waals surface area contributed by atoms with Gasteiger partial charge in [0.25, 0.3) is 0 Å². The summed E-state index contributed by atoms with van der Waals surface area (Å²) in [6.07, 6.45) is 0. The lowest BCUT2D eigenvalue weighted by molar-refractivity contribution is 0.322. The van der Waals surface area contributed by atoms with E-state index >= 15 is 0 Å². The molecule has 1 aromatic heterocycles. The van der Waals surface area contributed by atoms with Crippen LogP contribution in [-0.4, -0.2) is 4.98 Å². The molecule has 2 nitrogen and oxygen atoms in total. The van der Waals surface area contributed by atoms with E-state index in [4.69, 9.17) is 5.73 Å². The summed E-state index contributed by atoms with van der Waals surface area (Å²) in [5.74, 6) is 0. The number of nitrogens with two attached hydrogens (primary N) is 1. The Balaban J connectivity index is 0.00000144. The average Bonchev–Trinajstić information content (AvgIpc) is 2.26. The summed E-state index contributed by atoms with van der Waals surface area (Å²) in [6, 6.07) is 12.2. The summed E-state index contributed by atoms with van der Waals surface area (Å²) in [5, 5.41) is 1.16. The van der Waals surface area contributed by atoms with Crippen molar-refractivity contribution in [1.29, 1.82) is 0 Å². The summed E-state index contributed by atoms with van der Waals surface area (Å²) in [4.78, 5) is 4.62. The predicted molar refractivity (Wildman–Crippen MR) is 75.4 cm³/mol. The van der Waals surface area contributed by atoms with Crippen LogP contribution in [0.4, 0.5) is 0 Å². The van der Waals surface area contributed by atoms with Crippen molar-refractivity contribution in [3.8, 4) is 0 Å². The summed E-state index contributed by atoms with van der Waals surface area (Å²) in [5.41, 5.74) is 8.22. The molecular weight excluding hydrogens is 232 g/mol. The SMILES string of the molecule is CC(C)(C)[C@H](N)c1ccc2ccccc2n1.Cl. The number of halogens is 1. The van der Waals surface area contributed by atoms with Gasteiger partial charge < -0.3 is 5.73 Å². The third kappa shape index (κ3) is 2.96. The molecule has 1 aromatic carbocycles. The Bertz CT molecular complexity index is 503. The van der Waals surface area contributed by atoms with Crippen LogP contribution in [0.5, 0.6) is 0 Å². The number of fused-ring (bicyclic) bond motifs is 1. The van der Waals surface area contributed by atoms with Crippen LogP contribution in [0, 0.1) is 5.41 Å².